The molecule has 0 amide bonds. The monoisotopic (exact) mass is 638 g/mol. The quantitative estimate of drug-likeness (QED) is 0.169. The summed E-state index contributed by atoms with van der Waals surface area (Å²) in [5.41, 5.74) is 14.1. The van der Waals surface area contributed by atoms with Gasteiger partial charge in [-0.1, -0.05) is 146 Å². The molecule has 0 aliphatic carbocycles. The molecule has 9 aromatic rings. The lowest BCUT2D eigenvalue weighted by Crippen LogP contribution is -2.09. The highest BCUT2D eigenvalue weighted by Gasteiger charge is 2.19. The van der Waals surface area contributed by atoms with Gasteiger partial charge in [-0.05, 0) is 94.0 Å². The van der Waals surface area contributed by atoms with Crippen molar-refractivity contribution in [3.05, 3.63) is 206 Å². The standard InChI is InChI=1S/C48H34N2/c1-4-16-35(17-5-1)36-30-32-40(33-31-36)49(38-19-6-2-7-20-38)41-23-14-18-37(34-41)42-24-10-11-25-43(42)44-27-15-29-47-48(44)45-26-12-13-28-46(45)50(47)39-21-8-3-9-22-39/h1-34H. The fourth-order valence-electron chi connectivity index (χ4n) is 7.34. The first-order valence-electron chi connectivity index (χ1n) is 17.1. The fourth-order valence-corrected chi connectivity index (χ4v) is 7.34. The highest BCUT2D eigenvalue weighted by atomic mass is 15.1. The zero-order chi connectivity index (χ0) is 33.3. The van der Waals surface area contributed by atoms with E-state index in [-0.39, 0.29) is 0 Å². The molecular weight excluding hydrogens is 605 g/mol. The van der Waals surface area contributed by atoms with Gasteiger partial charge in [-0.2, -0.15) is 0 Å². The second-order valence-corrected chi connectivity index (χ2v) is 12.6. The maximum absolute atomic E-state index is 2.39. The number of hydrogen-bond acceptors (Lipinski definition) is 1. The van der Waals surface area contributed by atoms with Crippen molar-refractivity contribution < 1.29 is 0 Å². The van der Waals surface area contributed by atoms with E-state index in [9.17, 15) is 0 Å². The Balaban J connectivity index is 1.19. The number of para-hydroxylation sites is 3. The van der Waals surface area contributed by atoms with Gasteiger partial charge in [0.25, 0.3) is 0 Å². The Labute approximate surface area is 292 Å². The first kappa shape index (κ1) is 29.5. The van der Waals surface area contributed by atoms with Crippen molar-refractivity contribution in [2.24, 2.45) is 0 Å². The number of anilines is 3. The van der Waals surface area contributed by atoms with Crippen LogP contribution < -0.4 is 4.90 Å². The summed E-state index contributed by atoms with van der Waals surface area (Å²) in [4.78, 5) is 2.34. The summed E-state index contributed by atoms with van der Waals surface area (Å²) in [5, 5.41) is 2.51. The largest absolute Gasteiger partial charge is 0.310 e. The van der Waals surface area contributed by atoms with E-state index in [2.05, 4.69) is 216 Å². The second kappa shape index (κ2) is 12.8. The first-order valence-corrected chi connectivity index (χ1v) is 17.1. The molecule has 2 heteroatoms. The lowest BCUT2D eigenvalue weighted by atomic mass is 9.91. The van der Waals surface area contributed by atoms with Gasteiger partial charge in [0.1, 0.15) is 0 Å². The maximum atomic E-state index is 2.39. The van der Waals surface area contributed by atoms with Gasteiger partial charge in [-0.25, -0.2) is 0 Å². The predicted octanol–water partition coefficient (Wildman–Crippen LogP) is 13.3. The minimum atomic E-state index is 1.11. The summed E-state index contributed by atoms with van der Waals surface area (Å²) in [6.45, 7) is 0. The number of aromatic nitrogens is 1. The van der Waals surface area contributed by atoms with Crippen molar-refractivity contribution in [2.45, 2.75) is 0 Å². The summed E-state index contributed by atoms with van der Waals surface area (Å²) in [6, 6.07) is 74.0. The minimum Gasteiger partial charge on any atom is -0.310 e. The summed E-state index contributed by atoms with van der Waals surface area (Å²) >= 11 is 0. The lowest BCUT2D eigenvalue weighted by molar-refractivity contribution is 1.18. The van der Waals surface area contributed by atoms with Crippen LogP contribution in [-0.4, -0.2) is 4.57 Å². The maximum Gasteiger partial charge on any atom is 0.0547 e. The molecule has 0 atom stereocenters. The van der Waals surface area contributed by atoms with Gasteiger partial charge in [0.15, 0.2) is 0 Å². The van der Waals surface area contributed by atoms with Crippen LogP contribution in [0.15, 0.2) is 206 Å². The predicted molar refractivity (Wildman–Crippen MR) is 212 cm³/mol. The molecule has 2 nitrogen and oxygen atoms in total. The van der Waals surface area contributed by atoms with Crippen LogP contribution in [-0.2, 0) is 0 Å². The third kappa shape index (κ3) is 5.24. The molecule has 0 saturated heterocycles. The summed E-state index contributed by atoms with van der Waals surface area (Å²) in [5.74, 6) is 0. The molecule has 0 unspecified atom stereocenters. The fraction of sp³-hybridized carbons (Fsp3) is 0. The Hall–Kier alpha value is -6.64. The van der Waals surface area contributed by atoms with E-state index in [1.165, 1.54) is 55.2 Å². The molecule has 0 N–H and O–H groups in total. The Bertz CT molecular complexity index is 2570. The van der Waals surface area contributed by atoms with Crippen molar-refractivity contribution in [2.75, 3.05) is 4.90 Å². The normalized spacial score (nSPS) is 11.2. The molecule has 1 aromatic heterocycles. The molecule has 0 aliphatic heterocycles. The van der Waals surface area contributed by atoms with Gasteiger partial charge in [0.2, 0.25) is 0 Å². The molecule has 236 valence electrons. The van der Waals surface area contributed by atoms with Gasteiger partial charge < -0.3 is 9.47 Å². The van der Waals surface area contributed by atoms with Gasteiger partial charge >= 0.3 is 0 Å². The number of fused-ring (bicyclic) bond motifs is 3. The molecule has 0 bridgehead atoms. The van der Waals surface area contributed by atoms with Crippen LogP contribution in [0.3, 0.4) is 0 Å². The number of nitrogens with zero attached hydrogens (tertiary/aromatic N) is 2. The van der Waals surface area contributed by atoms with Crippen LogP contribution in [0.5, 0.6) is 0 Å². The van der Waals surface area contributed by atoms with Gasteiger partial charge in [0, 0.05) is 33.5 Å². The molecule has 8 aromatic carbocycles. The summed E-state index contributed by atoms with van der Waals surface area (Å²) < 4.78 is 2.39. The van der Waals surface area contributed by atoms with Gasteiger partial charge in [-0.15, -0.1) is 0 Å². The topological polar surface area (TPSA) is 8.17 Å². The van der Waals surface area contributed by atoms with Crippen LogP contribution in [0, 0.1) is 0 Å². The van der Waals surface area contributed by atoms with Gasteiger partial charge in [-0.3, -0.25) is 0 Å². The van der Waals surface area contributed by atoms with Crippen LogP contribution >= 0.6 is 0 Å². The summed E-state index contributed by atoms with van der Waals surface area (Å²) in [6.07, 6.45) is 0. The molecule has 0 radical (unpaired) electrons. The molecule has 1 heterocycles. The van der Waals surface area contributed by atoms with E-state index in [1.54, 1.807) is 0 Å². The molecule has 0 spiro atoms. The SMILES string of the molecule is c1ccc(-c2ccc(N(c3ccccc3)c3cccc(-c4ccccc4-c4cccc5c4c4ccccc4n5-c4ccccc4)c3)cc2)cc1. The third-order valence-electron chi connectivity index (χ3n) is 9.59. The Morgan fingerprint density at radius 1 is 0.320 bits per heavy atom. The third-order valence-corrected chi connectivity index (χ3v) is 9.59. The van der Waals surface area contributed by atoms with E-state index in [0.717, 1.165) is 22.7 Å². The molecular formula is C48H34N2. The zero-order valence-electron chi connectivity index (χ0n) is 27.5. The van der Waals surface area contributed by atoms with Crippen molar-refractivity contribution >= 4 is 38.9 Å². The molecule has 0 fully saturated rings. The van der Waals surface area contributed by atoms with E-state index >= 15 is 0 Å². The van der Waals surface area contributed by atoms with E-state index in [1.807, 2.05) is 0 Å². The highest BCUT2D eigenvalue weighted by molar-refractivity contribution is 6.16. The van der Waals surface area contributed by atoms with Crippen molar-refractivity contribution in [3.63, 3.8) is 0 Å². The van der Waals surface area contributed by atoms with E-state index < -0.39 is 0 Å². The van der Waals surface area contributed by atoms with Crippen molar-refractivity contribution in [1.82, 2.24) is 4.57 Å². The number of rotatable bonds is 7. The average molecular weight is 639 g/mol. The van der Waals surface area contributed by atoms with Crippen LogP contribution in [0.1, 0.15) is 0 Å². The van der Waals surface area contributed by atoms with Crippen molar-refractivity contribution in [3.8, 4) is 39.1 Å². The molecule has 9 rings (SSSR count). The Morgan fingerprint density at radius 2 is 0.840 bits per heavy atom. The van der Waals surface area contributed by atoms with Crippen LogP contribution in [0.4, 0.5) is 17.1 Å². The molecule has 0 saturated carbocycles. The molecule has 0 aliphatic rings. The smallest absolute Gasteiger partial charge is 0.0547 e. The summed E-state index contributed by atoms with van der Waals surface area (Å²) in [7, 11) is 0. The number of benzene rings is 8. The average Bonchev–Trinajstić information content (AvgIpc) is 3.54. The Kier molecular flexibility index (Phi) is 7.53. The van der Waals surface area contributed by atoms with E-state index in [0.29, 0.717) is 0 Å². The lowest BCUT2D eigenvalue weighted by Gasteiger charge is -2.26. The molecule has 50 heavy (non-hydrogen) atoms. The van der Waals surface area contributed by atoms with Crippen LogP contribution in [0.25, 0.3) is 60.9 Å². The highest BCUT2D eigenvalue weighted by Crippen LogP contribution is 2.43. The van der Waals surface area contributed by atoms with E-state index in [4.69, 9.17) is 0 Å². The number of hydrogen-bond donors (Lipinski definition) is 0. The Morgan fingerprint density at radius 3 is 1.62 bits per heavy atom. The van der Waals surface area contributed by atoms with Crippen LogP contribution in [0.2, 0.25) is 0 Å². The van der Waals surface area contributed by atoms with Crippen molar-refractivity contribution in [1.29, 1.82) is 0 Å². The van der Waals surface area contributed by atoms with Gasteiger partial charge in [0.05, 0.1) is 11.0 Å². The first-order chi connectivity index (χ1) is 24.8. The minimum absolute atomic E-state index is 1.11. The zero-order valence-corrected chi connectivity index (χ0v) is 27.5. The second-order valence-electron chi connectivity index (χ2n) is 12.6.